The van der Waals surface area contributed by atoms with Gasteiger partial charge in [-0.15, -0.1) is 5.10 Å². The SMILES string of the molecule is C=N/N=C(\OCNc1ccc(Cl)cc1)C12CCC3C(CCC4C3(C)CCC3C(C)C(OC(=O)CC(C)(C)C=O)CCC34C)C1=C(C(C)C)C(=O)C2. The minimum atomic E-state index is -0.712. The van der Waals surface area contributed by atoms with Crippen LogP contribution in [0.25, 0.3) is 0 Å². The Morgan fingerprint density at radius 1 is 1.06 bits per heavy atom. The average molecular weight is 720 g/mol. The molecule has 9 atom stereocenters. The van der Waals surface area contributed by atoms with Crippen molar-refractivity contribution in [1.29, 1.82) is 0 Å². The zero-order valence-corrected chi connectivity index (χ0v) is 32.5. The predicted octanol–water partition coefficient (Wildman–Crippen LogP) is 9.47. The van der Waals surface area contributed by atoms with Crippen molar-refractivity contribution >= 4 is 47.9 Å². The van der Waals surface area contributed by atoms with Crippen LogP contribution in [-0.4, -0.2) is 43.5 Å². The molecule has 5 aliphatic rings. The highest BCUT2D eigenvalue weighted by Gasteiger charge is 2.66. The third-order valence-electron chi connectivity index (χ3n) is 14.2. The normalized spacial score (nSPS) is 36.4. The highest BCUT2D eigenvalue weighted by atomic mass is 35.5. The first-order valence-electron chi connectivity index (χ1n) is 19.2. The summed E-state index contributed by atoms with van der Waals surface area (Å²) in [5.74, 6) is 2.57. The van der Waals surface area contributed by atoms with Crippen molar-refractivity contribution in [2.75, 3.05) is 12.0 Å². The molecule has 0 heterocycles. The van der Waals surface area contributed by atoms with E-state index in [1.807, 2.05) is 24.3 Å². The van der Waals surface area contributed by atoms with Crippen LogP contribution in [0.4, 0.5) is 5.69 Å². The van der Waals surface area contributed by atoms with Crippen LogP contribution in [0.5, 0.6) is 0 Å². The van der Waals surface area contributed by atoms with Gasteiger partial charge in [0.1, 0.15) is 12.4 Å². The molecule has 1 aromatic carbocycles. The molecule has 8 nitrogen and oxygen atoms in total. The first-order chi connectivity index (χ1) is 24.1. The summed E-state index contributed by atoms with van der Waals surface area (Å²) in [5.41, 5.74) is 2.08. The van der Waals surface area contributed by atoms with Gasteiger partial charge in [0.25, 0.3) is 0 Å². The molecule has 0 spiro atoms. The summed E-state index contributed by atoms with van der Waals surface area (Å²) < 4.78 is 12.6. The number of benzene rings is 1. The molecule has 0 aromatic heterocycles. The highest BCUT2D eigenvalue weighted by Crippen LogP contribution is 2.72. The average Bonchev–Trinajstić information content (AvgIpc) is 3.39. The number of hydrogen-bond acceptors (Lipinski definition) is 8. The molecule has 9 unspecified atom stereocenters. The topological polar surface area (TPSA) is 106 Å². The molecule has 0 amide bonds. The summed E-state index contributed by atoms with van der Waals surface area (Å²) >= 11 is 6.09. The quantitative estimate of drug-likeness (QED) is 0.0645. The number of ketones is 1. The first kappa shape index (κ1) is 37.7. The number of aldehydes is 1. The van der Waals surface area contributed by atoms with E-state index in [4.69, 9.17) is 21.1 Å². The first-order valence-corrected chi connectivity index (χ1v) is 19.6. The maximum Gasteiger partial charge on any atom is 0.307 e. The predicted molar refractivity (Wildman–Crippen MR) is 203 cm³/mol. The second-order valence-electron chi connectivity index (χ2n) is 17.9. The number of ether oxygens (including phenoxy) is 2. The molecule has 0 bridgehead atoms. The van der Waals surface area contributed by atoms with Crippen LogP contribution in [0.3, 0.4) is 0 Å². The van der Waals surface area contributed by atoms with Gasteiger partial charge in [-0.1, -0.05) is 60.1 Å². The number of Topliss-reactive ketones (excluding diaryl/α,β-unsaturated/α-hetero) is 1. The van der Waals surface area contributed by atoms with Crippen molar-refractivity contribution in [3.63, 3.8) is 0 Å². The number of esters is 1. The van der Waals surface area contributed by atoms with Gasteiger partial charge in [0.15, 0.2) is 12.5 Å². The third-order valence-corrected chi connectivity index (χ3v) is 14.5. The van der Waals surface area contributed by atoms with Crippen LogP contribution >= 0.6 is 11.6 Å². The lowest BCUT2D eigenvalue weighted by Crippen LogP contribution is -2.61. The van der Waals surface area contributed by atoms with Crippen LogP contribution in [0.15, 0.2) is 45.6 Å². The number of nitrogens with zero attached hydrogens (tertiary/aromatic N) is 2. The molecule has 6 rings (SSSR count). The number of carbonyl (C=O) groups is 3. The standard InChI is InChI=1S/C42H58ClN3O5/c1-25(2)36-32(48)21-42(38(46-44-8)50-24-45-28-11-9-27(43)10-12-28)20-16-31-29(37(36)42)13-14-34-40(6)19-17-33(51-35(49)22-39(4,5)23-47)26(3)30(40)15-18-41(31,34)7/h9-12,23,25-26,29-31,33-34,45H,8,13-22,24H2,1-7H3/b46-38-. The fourth-order valence-electron chi connectivity index (χ4n) is 12.0. The van der Waals surface area contributed by atoms with E-state index in [0.29, 0.717) is 35.1 Å². The second-order valence-corrected chi connectivity index (χ2v) is 18.4. The van der Waals surface area contributed by atoms with Gasteiger partial charge in [0.05, 0.1) is 11.8 Å². The number of anilines is 1. The van der Waals surface area contributed by atoms with E-state index in [-0.39, 0.29) is 59.6 Å². The molecule has 0 radical (unpaired) electrons. The molecule has 1 aromatic rings. The summed E-state index contributed by atoms with van der Waals surface area (Å²) in [4.78, 5) is 38.4. The van der Waals surface area contributed by atoms with Gasteiger partial charge in [0.2, 0.25) is 5.90 Å². The fourth-order valence-corrected chi connectivity index (χ4v) is 12.1. The van der Waals surface area contributed by atoms with E-state index in [1.54, 1.807) is 13.8 Å². The maximum absolute atomic E-state index is 14.0. The molecule has 51 heavy (non-hydrogen) atoms. The third kappa shape index (κ3) is 6.61. The maximum atomic E-state index is 14.0. The molecule has 5 aliphatic carbocycles. The lowest BCUT2D eigenvalue weighted by atomic mass is 9.38. The molecular weight excluding hydrogens is 662 g/mol. The minimum Gasteiger partial charge on any atom is -0.462 e. The summed E-state index contributed by atoms with van der Waals surface area (Å²) in [5, 5.41) is 12.5. The van der Waals surface area contributed by atoms with Gasteiger partial charge >= 0.3 is 5.97 Å². The zero-order chi connectivity index (χ0) is 36.9. The van der Waals surface area contributed by atoms with Crippen molar-refractivity contribution in [1.82, 2.24) is 0 Å². The lowest BCUT2D eigenvalue weighted by Gasteiger charge is -2.67. The van der Waals surface area contributed by atoms with Crippen molar-refractivity contribution in [2.45, 2.75) is 119 Å². The van der Waals surface area contributed by atoms with Crippen LogP contribution in [0, 0.1) is 57.2 Å². The molecule has 4 fully saturated rings. The Balaban J connectivity index is 1.25. The van der Waals surface area contributed by atoms with Gasteiger partial charge in [0, 0.05) is 29.3 Å². The van der Waals surface area contributed by atoms with Crippen LogP contribution in [0.1, 0.15) is 113 Å². The zero-order valence-electron chi connectivity index (χ0n) is 31.7. The van der Waals surface area contributed by atoms with E-state index >= 15 is 0 Å². The van der Waals surface area contributed by atoms with E-state index in [9.17, 15) is 14.4 Å². The second kappa shape index (κ2) is 14.1. The largest absolute Gasteiger partial charge is 0.462 e. The number of halogens is 1. The molecule has 0 saturated heterocycles. The smallest absolute Gasteiger partial charge is 0.307 e. The fraction of sp³-hybridized carbons (Fsp3) is 0.690. The van der Waals surface area contributed by atoms with Crippen LogP contribution in [-0.2, 0) is 23.9 Å². The van der Waals surface area contributed by atoms with Crippen LogP contribution < -0.4 is 5.32 Å². The van der Waals surface area contributed by atoms with Crippen molar-refractivity contribution < 1.29 is 23.9 Å². The number of carbonyl (C=O) groups excluding carboxylic acids is 3. The Kier molecular flexibility index (Phi) is 10.4. The Morgan fingerprint density at radius 3 is 2.39 bits per heavy atom. The molecule has 1 N–H and O–H groups in total. The van der Waals surface area contributed by atoms with E-state index < -0.39 is 10.8 Å². The Morgan fingerprint density at radius 2 is 1.73 bits per heavy atom. The van der Waals surface area contributed by atoms with Gasteiger partial charge in [-0.25, -0.2) is 0 Å². The lowest BCUT2D eigenvalue weighted by molar-refractivity contribution is -0.190. The summed E-state index contributed by atoms with van der Waals surface area (Å²) in [7, 11) is 0. The van der Waals surface area contributed by atoms with Crippen molar-refractivity contribution in [3.8, 4) is 0 Å². The number of fused-ring (bicyclic) bond motifs is 7. The molecule has 278 valence electrons. The van der Waals surface area contributed by atoms with Crippen molar-refractivity contribution in [2.24, 2.45) is 67.4 Å². The van der Waals surface area contributed by atoms with E-state index in [2.05, 4.69) is 56.9 Å². The highest BCUT2D eigenvalue weighted by molar-refractivity contribution is 6.30. The Bertz CT molecular complexity index is 1600. The number of hydrogen-bond donors (Lipinski definition) is 1. The molecule has 9 heteroatoms. The number of rotatable bonds is 10. The summed E-state index contributed by atoms with van der Waals surface area (Å²) in [6, 6.07) is 7.48. The monoisotopic (exact) mass is 719 g/mol. The van der Waals surface area contributed by atoms with E-state index in [1.165, 1.54) is 5.57 Å². The number of nitrogens with one attached hydrogen (secondary N) is 1. The molecule has 4 saturated carbocycles. The summed E-state index contributed by atoms with van der Waals surface area (Å²) in [6.45, 7) is 19.1. The Hall–Kier alpha value is -3.00. The van der Waals surface area contributed by atoms with Gasteiger partial charge in [-0.2, -0.15) is 5.10 Å². The van der Waals surface area contributed by atoms with Crippen LogP contribution in [0.2, 0.25) is 5.02 Å². The number of allylic oxidation sites excluding steroid dienone is 1. The van der Waals surface area contributed by atoms with E-state index in [0.717, 1.165) is 68.9 Å². The van der Waals surface area contributed by atoms with Gasteiger partial charge < -0.3 is 19.6 Å². The van der Waals surface area contributed by atoms with Gasteiger partial charge in [-0.3, -0.25) is 9.59 Å². The molecule has 0 aliphatic heterocycles. The minimum absolute atomic E-state index is 0.105. The Labute approximate surface area is 309 Å². The van der Waals surface area contributed by atoms with Crippen molar-refractivity contribution in [3.05, 3.63) is 40.4 Å². The summed E-state index contributed by atoms with van der Waals surface area (Å²) in [6.07, 6.45) is 9.31. The molecular formula is C42H58ClN3O5. The van der Waals surface area contributed by atoms with Gasteiger partial charge in [-0.05, 0) is 133 Å².